The second kappa shape index (κ2) is 31.9. The van der Waals surface area contributed by atoms with Crippen molar-refractivity contribution < 1.29 is 9.31 Å². The lowest BCUT2D eigenvalue weighted by Crippen LogP contribution is -2.41. The molecule has 118 heavy (non-hydrogen) atoms. The van der Waals surface area contributed by atoms with Gasteiger partial charge in [0.25, 0.3) is 0 Å². The summed E-state index contributed by atoms with van der Waals surface area (Å²) in [5, 5.41) is 12.0. The standard InChI is InChI=1S/C50H32N4.C33H22BrN3.C23H22BNO2/c1-3-9-33(10-4-1)35-15-21-40(22-16-35)48-52-49(41-23-17-36(18-24-41)34-11-5-2-6-12-34)54-50(53-48)42-25-19-38(20-26-42)46-32-29-39-28-30-44-43-14-8-7-13-37(43)27-31-45(44)47(39)51-46;34-30-21-19-29(20-22-30)33-36-31(27-15-11-25(12-16-27)23-7-3-1-4-8-23)35-32(37-33)28-17-13-26(14-18-28)24-9-5-2-6-10-24;1-22(2)23(3,4)27-24(26-22)20-14-11-16-10-12-18-17-8-6-5-7-15(17)9-13-19(18)21(16)25-20/h1-32H;1-22H;5-14H,1-4H3. The molecule has 1 fully saturated rings. The fourth-order valence-electron chi connectivity index (χ4n) is 15.3. The topological polar surface area (TPSA) is 122 Å². The van der Waals surface area contributed by atoms with Crippen LogP contribution in [-0.4, -0.2) is 58.2 Å². The van der Waals surface area contributed by atoms with Gasteiger partial charge >= 0.3 is 7.12 Å². The number of hydrogen-bond acceptors (Lipinski definition) is 10. The average Bonchev–Trinajstić information content (AvgIpc) is 1.44. The first-order chi connectivity index (χ1) is 57.8. The van der Waals surface area contributed by atoms with E-state index in [1.165, 1.54) is 54.6 Å². The molecule has 16 aromatic carbocycles. The minimum atomic E-state index is -0.449. The lowest BCUT2D eigenvalue weighted by atomic mass is 9.83. The minimum absolute atomic E-state index is 0.372. The van der Waals surface area contributed by atoms with E-state index in [1.807, 2.05) is 54.6 Å². The molecular formula is C106H76BBrN8O2. The van der Waals surface area contributed by atoms with Crippen molar-refractivity contribution in [3.63, 3.8) is 0 Å². The van der Waals surface area contributed by atoms with Gasteiger partial charge in [-0.25, -0.2) is 34.9 Å². The first kappa shape index (κ1) is 74.0. The predicted octanol–water partition coefficient (Wildman–Crippen LogP) is 26.5. The van der Waals surface area contributed by atoms with Crippen LogP contribution >= 0.6 is 15.9 Å². The Hall–Kier alpha value is -14.1. The molecule has 0 saturated carbocycles. The molecule has 0 unspecified atom stereocenters. The number of benzene rings is 16. The first-order valence-electron chi connectivity index (χ1n) is 39.6. The van der Waals surface area contributed by atoms with Crippen molar-refractivity contribution >= 4 is 93.5 Å². The SMILES string of the molecule is Brc1ccc(-c2nc(-c3ccc(-c4ccccc4)cc3)nc(-c3ccc(-c4ccccc4)cc3)n2)cc1.CC1(C)OB(c2ccc3ccc4c5ccccc5ccc4c3n2)OC1(C)C.c1ccc(-c2ccc(-c3nc(-c4ccc(-c5ccccc5)cc4)nc(-c4ccc(-c5ccc6ccc7c8ccccc8ccc7c6n5)cc4)n3)cc2)cc1. The van der Waals surface area contributed by atoms with Gasteiger partial charge in [-0.15, -0.1) is 0 Å². The van der Waals surface area contributed by atoms with Crippen LogP contribution in [0.25, 0.3) is 189 Å². The van der Waals surface area contributed by atoms with Crippen LogP contribution in [0.5, 0.6) is 0 Å². The zero-order valence-corrected chi connectivity index (χ0v) is 66.9. The van der Waals surface area contributed by atoms with Gasteiger partial charge in [-0.1, -0.05) is 380 Å². The summed E-state index contributed by atoms with van der Waals surface area (Å²) in [4.78, 5) is 39.9. The summed E-state index contributed by atoms with van der Waals surface area (Å²) < 4.78 is 13.4. The molecule has 5 heterocycles. The quantitative estimate of drug-likeness (QED) is 0.0863. The van der Waals surface area contributed by atoms with E-state index in [2.05, 4.69) is 377 Å². The Morgan fingerprint density at radius 1 is 0.203 bits per heavy atom. The minimum Gasteiger partial charge on any atom is -0.398 e. The fourth-order valence-corrected chi connectivity index (χ4v) is 15.6. The van der Waals surface area contributed by atoms with Crippen LogP contribution in [0.2, 0.25) is 0 Å². The normalized spacial score (nSPS) is 12.8. The molecule has 10 nitrogen and oxygen atoms in total. The molecule has 0 bridgehead atoms. The highest BCUT2D eigenvalue weighted by atomic mass is 79.9. The van der Waals surface area contributed by atoms with Crippen LogP contribution in [0.3, 0.4) is 0 Å². The van der Waals surface area contributed by atoms with Gasteiger partial charge in [-0.2, -0.15) is 0 Å². The van der Waals surface area contributed by atoms with Gasteiger partial charge in [0.05, 0.1) is 33.5 Å². The molecular weight excluding hydrogens is 1510 g/mol. The number of aromatic nitrogens is 8. The van der Waals surface area contributed by atoms with Crippen molar-refractivity contribution in [2.45, 2.75) is 38.9 Å². The van der Waals surface area contributed by atoms with Gasteiger partial charge in [0.2, 0.25) is 0 Å². The lowest BCUT2D eigenvalue weighted by Gasteiger charge is -2.32. The van der Waals surface area contributed by atoms with Crippen molar-refractivity contribution in [3.8, 4) is 124 Å². The van der Waals surface area contributed by atoms with Crippen LogP contribution in [0.4, 0.5) is 0 Å². The Bertz CT molecular complexity index is 6850. The number of pyridine rings is 2. The Kier molecular flexibility index (Phi) is 20.0. The molecule has 0 atom stereocenters. The highest BCUT2D eigenvalue weighted by Crippen LogP contribution is 2.40. The van der Waals surface area contributed by atoms with Crippen molar-refractivity contribution in [1.82, 2.24) is 39.9 Å². The van der Waals surface area contributed by atoms with Gasteiger partial charge in [-0.3, -0.25) is 4.98 Å². The molecule has 0 amide bonds. The highest BCUT2D eigenvalue weighted by molar-refractivity contribution is 9.10. The van der Waals surface area contributed by atoms with E-state index in [-0.39, 0.29) is 11.2 Å². The van der Waals surface area contributed by atoms with E-state index in [0.29, 0.717) is 34.9 Å². The number of nitrogens with zero attached hydrogens (tertiary/aromatic N) is 8. The predicted molar refractivity (Wildman–Crippen MR) is 490 cm³/mol. The summed E-state index contributed by atoms with van der Waals surface area (Å²) in [6, 6.07) is 134. The summed E-state index contributed by atoms with van der Waals surface area (Å²) in [5.41, 5.74) is 18.9. The van der Waals surface area contributed by atoms with E-state index < -0.39 is 7.12 Å². The van der Waals surface area contributed by atoms with Crippen molar-refractivity contribution in [2.24, 2.45) is 0 Å². The maximum atomic E-state index is 6.20. The molecule has 1 aliphatic heterocycles. The number of hydrogen-bond donors (Lipinski definition) is 0. The Labute approximate surface area is 693 Å². The summed E-state index contributed by atoms with van der Waals surface area (Å²) in [5.74, 6) is 3.81. The largest absolute Gasteiger partial charge is 0.514 e. The Morgan fingerprint density at radius 2 is 0.458 bits per heavy atom. The third-order valence-corrected chi connectivity index (χ3v) is 23.0. The van der Waals surface area contributed by atoms with E-state index in [9.17, 15) is 0 Å². The number of fused-ring (bicyclic) bond motifs is 10. The molecule has 562 valence electrons. The van der Waals surface area contributed by atoms with E-state index in [4.69, 9.17) is 49.2 Å². The van der Waals surface area contributed by atoms with Gasteiger partial charge < -0.3 is 9.31 Å². The number of rotatable bonds is 12. The molecule has 1 aliphatic rings. The van der Waals surface area contributed by atoms with Crippen molar-refractivity contribution in [2.75, 3.05) is 0 Å². The van der Waals surface area contributed by atoms with E-state index >= 15 is 0 Å². The summed E-state index contributed by atoms with van der Waals surface area (Å²) in [7, 11) is -0.449. The molecule has 20 aromatic rings. The van der Waals surface area contributed by atoms with Crippen molar-refractivity contribution in [1.29, 1.82) is 0 Å². The first-order valence-corrected chi connectivity index (χ1v) is 40.4. The molecule has 0 spiro atoms. The lowest BCUT2D eigenvalue weighted by molar-refractivity contribution is 0.00578. The molecule has 1 saturated heterocycles. The molecule has 0 N–H and O–H groups in total. The summed E-state index contributed by atoms with van der Waals surface area (Å²) in [6.45, 7) is 8.26. The van der Waals surface area contributed by atoms with E-state index in [0.717, 1.165) is 110 Å². The summed E-state index contributed by atoms with van der Waals surface area (Å²) >= 11 is 3.52. The smallest absolute Gasteiger partial charge is 0.398 e. The third kappa shape index (κ3) is 15.2. The monoisotopic (exact) mass is 1580 g/mol. The highest BCUT2D eigenvalue weighted by Gasteiger charge is 2.52. The molecule has 21 rings (SSSR count). The van der Waals surface area contributed by atoms with Crippen molar-refractivity contribution in [3.05, 3.63) is 393 Å². The van der Waals surface area contributed by atoms with Gasteiger partial charge in [0, 0.05) is 65.0 Å². The van der Waals surface area contributed by atoms with Crippen LogP contribution in [0.1, 0.15) is 27.7 Å². The van der Waals surface area contributed by atoms with Gasteiger partial charge in [-0.05, 0) is 129 Å². The zero-order valence-electron chi connectivity index (χ0n) is 65.3. The average molecular weight is 1580 g/mol. The van der Waals surface area contributed by atoms with Crippen LogP contribution in [0, 0.1) is 0 Å². The Morgan fingerprint density at radius 3 is 0.805 bits per heavy atom. The maximum absolute atomic E-state index is 6.20. The van der Waals surface area contributed by atoms with Gasteiger partial charge in [0.15, 0.2) is 34.9 Å². The molecule has 0 aliphatic carbocycles. The maximum Gasteiger partial charge on any atom is 0.514 e. The second-order valence-corrected chi connectivity index (χ2v) is 31.4. The Balaban J connectivity index is 0.000000125. The zero-order chi connectivity index (χ0) is 79.7. The van der Waals surface area contributed by atoms with Crippen LogP contribution in [0.15, 0.2) is 393 Å². The van der Waals surface area contributed by atoms with Crippen LogP contribution < -0.4 is 5.59 Å². The molecule has 12 heteroatoms. The van der Waals surface area contributed by atoms with Crippen LogP contribution in [-0.2, 0) is 9.31 Å². The number of halogens is 1. The summed E-state index contributed by atoms with van der Waals surface area (Å²) in [6.07, 6.45) is 0. The van der Waals surface area contributed by atoms with Gasteiger partial charge in [0.1, 0.15) is 0 Å². The second-order valence-electron chi connectivity index (χ2n) is 30.5. The fraction of sp³-hybridized carbons (Fsp3) is 0.0566. The molecule has 4 aromatic heterocycles. The molecule has 0 radical (unpaired) electrons. The third-order valence-electron chi connectivity index (χ3n) is 22.5. The van der Waals surface area contributed by atoms with E-state index in [1.54, 1.807) is 0 Å².